The van der Waals surface area contributed by atoms with Gasteiger partial charge in [-0.25, -0.2) is 9.18 Å². The van der Waals surface area contributed by atoms with Gasteiger partial charge < -0.3 is 9.64 Å². The van der Waals surface area contributed by atoms with Crippen LogP contribution in [0.5, 0.6) is 11.5 Å². The van der Waals surface area contributed by atoms with E-state index in [9.17, 15) is 14.0 Å². The van der Waals surface area contributed by atoms with Gasteiger partial charge in [0.2, 0.25) is 0 Å². The summed E-state index contributed by atoms with van der Waals surface area (Å²) in [4.78, 5) is 28.2. The lowest BCUT2D eigenvalue weighted by atomic mass is 10.1. The molecule has 1 aliphatic heterocycles. The average Bonchev–Trinajstić information content (AvgIpc) is 3.25. The van der Waals surface area contributed by atoms with Crippen molar-refractivity contribution in [2.45, 2.75) is 26.4 Å². The highest BCUT2D eigenvalue weighted by atomic mass is 35.5. The molecule has 172 valence electrons. The van der Waals surface area contributed by atoms with Gasteiger partial charge in [0.1, 0.15) is 23.0 Å². The van der Waals surface area contributed by atoms with Gasteiger partial charge in [-0.1, -0.05) is 11.6 Å². The molecule has 33 heavy (non-hydrogen) atoms. The molecule has 0 radical (unpaired) electrons. The highest BCUT2D eigenvalue weighted by Crippen LogP contribution is 2.26. The molecule has 0 unspecified atom stereocenters. The number of carbonyl (C=O) groups excluding carboxylic acids is 2. The Morgan fingerprint density at radius 2 is 1.88 bits per heavy atom. The number of ether oxygens (including phenoxy) is 1. The van der Waals surface area contributed by atoms with E-state index < -0.39 is 0 Å². The van der Waals surface area contributed by atoms with E-state index in [0.717, 1.165) is 5.56 Å². The summed E-state index contributed by atoms with van der Waals surface area (Å²) < 4.78 is 21.2. The van der Waals surface area contributed by atoms with Gasteiger partial charge in [-0.3, -0.25) is 9.69 Å². The summed E-state index contributed by atoms with van der Waals surface area (Å²) >= 11 is 5.90. The fraction of sp³-hybridized carbons (Fsp3) is 0.292. The van der Waals surface area contributed by atoms with Crippen LogP contribution in [0.3, 0.4) is 0 Å². The van der Waals surface area contributed by atoms with Crippen molar-refractivity contribution in [2.75, 3.05) is 19.6 Å². The normalized spacial score (nSPS) is 16.6. The third-order valence-electron chi connectivity index (χ3n) is 5.49. The van der Waals surface area contributed by atoms with Crippen LogP contribution in [0.2, 0.25) is 5.02 Å². The maximum Gasteiger partial charge on any atom is 0.344 e. The van der Waals surface area contributed by atoms with Crippen LogP contribution in [0.4, 0.5) is 9.18 Å². The van der Waals surface area contributed by atoms with E-state index in [1.165, 1.54) is 36.0 Å². The van der Waals surface area contributed by atoms with Gasteiger partial charge in [-0.05, 0) is 55.0 Å². The van der Waals surface area contributed by atoms with Gasteiger partial charge in [-0.2, -0.15) is 9.78 Å². The van der Waals surface area contributed by atoms with Crippen molar-refractivity contribution in [2.24, 2.45) is 0 Å². The second kappa shape index (κ2) is 9.72. The van der Waals surface area contributed by atoms with Gasteiger partial charge in [0.15, 0.2) is 5.78 Å². The van der Waals surface area contributed by atoms with E-state index in [0.29, 0.717) is 42.7 Å². The molecule has 1 fully saturated rings. The number of halogens is 2. The average molecular weight is 471 g/mol. The molecule has 1 aromatic heterocycles. The first kappa shape index (κ1) is 22.9. The minimum absolute atomic E-state index is 0.0745. The van der Waals surface area contributed by atoms with Gasteiger partial charge in [0.05, 0.1) is 0 Å². The Morgan fingerprint density at radius 1 is 1.12 bits per heavy atom. The van der Waals surface area contributed by atoms with Gasteiger partial charge in [0.25, 0.3) is 0 Å². The Morgan fingerprint density at radius 3 is 2.55 bits per heavy atom. The smallest absolute Gasteiger partial charge is 0.344 e. The van der Waals surface area contributed by atoms with Crippen molar-refractivity contribution in [1.29, 1.82) is 0 Å². The van der Waals surface area contributed by atoms with Crippen molar-refractivity contribution in [3.8, 4) is 11.5 Å². The molecule has 0 saturated carbocycles. The summed E-state index contributed by atoms with van der Waals surface area (Å²) in [5, 5.41) is 4.66. The van der Waals surface area contributed by atoms with Crippen LogP contribution >= 0.6 is 11.6 Å². The summed E-state index contributed by atoms with van der Waals surface area (Å²) in [7, 11) is 0. The Bertz CT molecular complexity index is 1160. The van der Waals surface area contributed by atoms with Crippen LogP contribution in [0.25, 0.3) is 0 Å². The van der Waals surface area contributed by atoms with Crippen molar-refractivity contribution in [3.63, 3.8) is 0 Å². The maximum absolute atomic E-state index is 14.2. The number of Topliss-reactive ketones (excluding diaryl/α,β-unsaturated/α-hetero) is 1. The largest absolute Gasteiger partial charge is 0.457 e. The second-order valence-corrected chi connectivity index (χ2v) is 8.55. The fourth-order valence-corrected chi connectivity index (χ4v) is 4.00. The maximum atomic E-state index is 14.2. The van der Waals surface area contributed by atoms with Crippen molar-refractivity contribution in [1.82, 2.24) is 19.6 Å². The number of nitrogens with zero attached hydrogens (tertiary/aromatic N) is 4. The molecule has 0 spiro atoms. The number of amides is 1. The van der Waals surface area contributed by atoms with Crippen molar-refractivity contribution in [3.05, 3.63) is 76.8 Å². The number of piperazine rings is 1. The predicted octanol–water partition coefficient (Wildman–Crippen LogP) is 4.84. The molecule has 0 N–H and O–H groups in total. The van der Waals surface area contributed by atoms with Crippen LogP contribution in [0, 0.1) is 5.82 Å². The zero-order valence-electron chi connectivity index (χ0n) is 18.4. The Hall–Kier alpha value is -3.23. The predicted molar refractivity (Wildman–Crippen MR) is 122 cm³/mol. The summed E-state index contributed by atoms with van der Waals surface area (Å²) in [6, 6.07) is 12.7. The van der Waals surface area contributed by atoms with E-state index in [1.807, 2.05) is 13.0 Å². The molecule has 4 rings (SSSR count). The SMILES string of the molecule is CC(=O)c1ccn(C(=O)N2CCN(Cc3cc(F)cc(Oc4ccc(Cl)cc4)c3)C[C@H]2C)n1. The van der Waals surface area contributed by atoms with Crippen molar-refractivity contribution >= 4 is 23.4 Å². The quantitative estimate of drug-likeness (QED) is 0.499. The molecule has 0 aliphatic carbocycles. The van der Waals surface area contributed by atoms with Gasteiger partial charge >= 0.3 is 6.03 Å². The summed E-state index contributed by atoms with van der Waals surface area (Å²) in [5.74, 6) is 0.421. The van der Waals surface area contributed by atoms with Crippen molar-refractivity contribution < 1.29 is 18.7 Å². The summed E-state index contributed by atoms with van der Waals surface area (Å²) in [5.41, 5.74) is 1.04. The number of hydrogen-bond acceptors (Lipinski definition) is 5. The molecule has 1 saturated heterocycles. The van der Waals surface area contributed by atoms with E-state index in [1.54, 1.807) is 29.2 Å². The molecule has 1 amide bonds. The molecular formula is C24H24ClFN4O3. The van der Waals surface area contributed by atoms with Gasteiger partial charge in [-0.15, -0.1) is 0 Å². The zero-order chi connectivity index (χ0) is 23.5. The Kier molecular flexibility index (Phi) is 6.76. The third kappa shape index (κ3) is 5.58. The van der Waals surface area contributed by atoms with Crippen LogP contribution in [-0.4, -0.2) is 57.1 Å². The molecule has 3 aromatic rings. The first-order chi connectivity index (χ1) is 15.8. The van der Waals surface area contributed by atoms with E-state index in [-0.39, 0.29) is 29.4 Å². The minimum Gasteiger partial charge on any atom is -0.457 e. The topological polar surface area (TPSA) is 67.7 Å². The Balaban J connectivity index is 1.39. The first-order valence-electron chi connectivity index (χ1n) is 10.6. The number of aromatic nitrogens is 2. The molecule has 0 bridgehead atoms. The molecule has 1 aliphatic rings. The fourth-order valence-electron chi connectivity index (χ4n) is 3.88. The van der Waals surface area contributed by atoms with E-state index >= 15 is 0 Å². The monoisotopic (exact) mass is 470 g/mol. The van der Waals surface area contributed by atoms with Gasteiger partial charge in [0, 0.05) is 56.4 Å². The van der Waals surface area contributed by atoms with Crippen LogP contribution in [0.1, 0.15) is 29.9 Å². The molecule has 2 heterocycles. The molecular weight excluding hydrogens is 447 g/mol. The number of hydrogen-bond donors (Lipinski definition) is 0. The zero-order valence-corrected chi connectivity index (χ0v) is 19.1. The standard InChI is InChI=1S/C24H24ClFN4O3/c1-16-14-28(9-10-29(16)24(32)30-8-7-23(27-30)17(2)31)15-18-11-20(26)13-22(12-18)33-21-5-3-19(25)4-6-21/h3-8,11-13,16H,9-10,14-15H2,1-2H3/t16-/m1/s1. The Labute approximate surface area is 196 Å². The van der Waals surface area contributed by atoms with Crippen LogP contribution in [0.15, 0.2) is 54.7 Å². The molecule has 2 aromatic carbocycles. The lowest BCUT2D eigenvalue weighted by Gasteiger charge is -2.39. The molecule has 1 atom stereocenters. The number of benzene rings is 2. The number of ketones is 1. The van der Waals surface area contributed by atoms with E-state index in [2.05, 4.69) is 10.00 Å². The first-order valence-corrected chi connectivity index (χ1v) is 11.0. The highest BCUT2D eigenvalue weighted by Gasteiger charge is 2.29. The summed E-state index contributed by atoms with van der Waals surface area (Å²) in [6.07, 6.45) is 1.51. The van der Waals surface area contributed by atoms with Crippen LogP contribution < -0.4 is 4.74 Å². The van der Waals surface area contributed by atoms with Crippen LogP contribution in [-0.2, 0) is 6.54 Å². The lowest BCUT2D eigenvalue weighted by Crippen LogP contribution is -2.54. The lowest BCUT2D eigenvalue weighted by molar-refractivity contribution is 0.0964. The number of carbonyl (C=O) groups is 2. The highest BCUT2D eigenvalue weighted by molar-refractivity contribution is 6.30. The second-order valence-electron chi connectivity index (χ2n) is 8.11. The summed E-state index contributed by atoms with van der Waals surface area (Å²) in [6.45, 7) is 5.64. The number of rotatable bonds is 5. The molecule has 9 heteroatoms. The van der Waals surface area contributed by atoms with E-state index in [4.69, 9.17) is 16.3 Å². The minimum atomic E-state index is -0.377. The third-order valence-corrected chi connectivity index (χ3v) is 5.74. The molecule has 7 nitrogen and oxygen atoms in total.